The van der Waals surface area contributed by atoms with E-state index in [2.05, 4.69) is 15.9 Å². The first-order valence-electron chi connectivity index (χ1n) is 4.59. The number of carboxylic acid groups (broad SMARTS) is 1. The Morgan fingerprint density at radius 2 is 2.20 bits per heavy atom. The minimum atomic E-state index is -0.790. The van der Waals surface area contributed by atoms with Crippen molar-refractivity contribution in [3.63, 3.8) is 0 Å². The Bertz CT molecular complexity index is 374. The van der Waals surface area contributed by atoms with Gasteiger partial charge < -0.3 is 9.84 Å². The molecule has 0 saturated heterocycles. The van der Waals surface area contributed by atoms with Gasteiger partial charge in [0.1, 0.15) is 5.75 Å². The molecule has 0 fully saturated rings. The first-order valence-corrected chi connectivity index (χ1v) is 5.38. The molecule has 1 aromatic rings. The van der Waals surface area contributed by atoms with Crippen LogP contribution >= 0.6 is 15.9 Å². The zero-order chi connectivity index (χ0) is 11.4. The highest BCUT2D eigenvalue weighted by atomic mass is 79.9. The van der Waals surface area contributed by atoms with E-state index in [9.17, 15) is 4.79 Å². The van der Waals surface area contributed by atoms with Crippen molar-refractivity contribution in [2.45, 2.75) is 19.8 Å². The maximum absolute atomic E-state index is 10.5. The van der Waals surface area contributed by atoms with Gasteiger partial charge in [-0.1, -0.05) is 15.9 Å². The zero-order valence-electron chi connectivity index (χ0n) is 8.71. The maximum Gasteiger partial charge on any atom is 0.303 e. The monoisotopic (exact) mass is 272 g/mol. The topological polar surface area (TPSA) is 46.5 Å². The molecule has 4 heteroatoms. The summed E-state index contributed by atoms with van der Waals surface area (Å²) in [5.41, 5.74) is 1.99. The first kappa shape index (κ1) is 12.0. The lowest BCUT2D eigenvalue weighted by atomic mass is 10.1. The number of methoxy groups -OCH3 is 1. The summed E-state index contributed by atoms with van der Waals surface area (Å²) in [4.78, 5) is 10.5. The number of halogens is 1. The molecule has 1 rings (SSSR count). The second-order valence-corrected chi connectivity index (χ2v) is 4.16. The lowest BCUT2D eigenvalue weighted by Gasteiger charge is -2.09. The number of carboxylic acids is 1. The van der Waals surface area contributed by atoms with Crippen molar-refractivity contribution in [1.82, 2.24) is 0 Å². The van der Waals surface area contributed by atoms with Crippen molar-refractivity contribution < 1.29 is 14.6 Å². The van der Waals surface area contributed by atoms with Crippen molar-refractivity contribution in [2.75, 3.05) is 7.11 Å². The fourth-order valence-corrected chi connectivity index (χ4v) is 2.00. The Balaban J connectivity index is 2.92. The number of ether oxygens (including phenoxy) is 1. The van der Waals surface area contributed by atoms with Crippen LogP contribution in [-0.4, -0.2) is 18.2 Å². The van der Waals surface area contributed by atoms with E-state index in [1.165, 1.54) is 0 Å². The Kier molecular flexibility index (Phi) is 4.15. The van der Waals surface area contributed by atoms with E-state index < -0.39 is 5.97 Å². The number of benzene rings is 1. The molecule has 0 amide bonds. The summed E-state index contributed by atoms with van der Waals surface area (Å²) < 4.78 is 6.11. The summed E-state index contributed by atoms with van der Waals surface area (Å²) in [7, 11) is 1.61. The molecule has 0 radical (unpaired) electrons. The highest BCUT2D eigenvalue weighted by Crippen LogP contribution is 2.27. The van der Waals surface area contributed by atoms with Gasteiger partial charge in [-0.2, -0.15) is 0 Å². The van der Waals surface area contributed by atoms with Crippen LogP contribution in [0.25, 0.3) is 0 Å². The molecule has 82 valence electrons. The largest absolute Gasteiger partial charge is 0.496 e. The van der Waals surface area contributed by atoms with Crippen LogP contribution < -0.4 is 4.74 Å². The molecule has 0 saturated carbocycles. The highest BCUT2D eigenvalue weighted by molar-refractivity contribution is 9.10. The average Bonchev–Trinajstić information content (AvgIpc) is 2.16. The van der Waals surface area contributed by atoms with Crippen molar-refractivity contribution in [3.05, 3.63) is 27.7 Å². The Morgan fingerprint density at radius 3 is 2.73 bits per heavy atom. The van der Waals surface area contributed by atoms with Crippen molar-refractivity contribution in [1.29, 1.82) is 0 Å². The summed E-state index contributed by atoms with van der Waals surface area (Å²) >= 11 is 3.41. The van der Waals surface area contributed by atoms with E-state index >= 15 is 0 Å². The van der Waals surface area contributed by atoms with E-state index in [1.807, 2.05) is 19.1 Å². The van der Waals surface area contributed by atoms with E-state index in [4.69, 9.17) is 9.84 Å². The molecule has 0 heterocycles. The zero-order valence-corrected chi connectivity index (χ0v) is 10.3. The van der Waals surface area contributed by atoms with Gasteiger partial charge >= 0.3 is 5.97 Å². The van der Waals surface area contributed by atoms with Gasteiger partial charge in [0.25, 0.3) is 0 Å². The minimum Gasteiger partial charge on any atom is -0.496 e. The molecule has 0 spiro atoms. The molecule has 0 bridgehead atoms. The SMILES string of the molecule is COc1cc(CCC(=O)O)c(Br)cc1C. The standard InChI is InChI=1S/C11H13BrO3/c1-7-5-9(12)8(3-4-11(13)14)6-10(7)15-2/h5-6H,3-4H2,1-2H3,(H,13,14). The van der Waals surface area contributed by atoms with Crippen LogP contribution in [-0.2, 0) is 11.2 Å². The Labute approximate surface area is 97.2 Å². The minimum absolute atomic E-state index is 0.130. The van der Waals surface area contributed by atoms with Crippen LogP contribution in [0.4, 0.5) is 0 Å². The summed E-state index contributed by atoms with van der Waals surface area (Å²) in [6.45, 7) is 1.95. The molecular weight excluding hydrogens is 260 g/mol. The summed E-state index contributed by atoms with van der Waals surface area (Å²) in [6, 6.07) is 3.82. The molecule has 0 aliphatic heterocycles. The fourth-order valence-electron chi connectivity index (χ4n) is 1.35. The number of hydrogen-bond donors (Lipinski definition) is 1. The quantitative estimate of drug-likeness (QED) is 0.917. The van der Waals surface area contributed by atoms with Crippen molar-refractivity contribution in [3.8, 4) is 5.75 Å². The van der Waals surface area contributed by atoms with Crippen molar-refractivity contribution in [2.24, 2.45) is 0 Å². The average molecular weight is 273 g/mol. The molecule has 15 heavy (non-hydrogen) atoms. The molecule has 1 aromatic carbocycles. The molecule has 3 nitrogen and oxygen atoms in total. The second kappa shape index (κ2) is 5.16. The predicted octanol–water partition coefficient (Wildman–Crippen LogP) is 2.78. The number of aryl methyl sites for hydroxylation is 2. The van der Waals surface area contributed by atoms with Gasteiger partial charge in [-0.15, -0.1) is 0 Å². The summed E-state index contributed by atoms with van der Waals surface area (Å²) in [5, 5.41) is 8.60. The maximum atomic E-state index is 10.5. The van der Waals surface area contributed by atoms with E-state index in [0.717, 1.165) is 21.3 Å². The normalized spacial score (nSPS) is 10.1. The molecular formula is C11H13BrO3. The van der Waals surface area contributed by atoms with Crippen LogP contribution in [0.15, 0.2) is 16.6 Å². The third-order valence-electron chi connectivity index (χ3n) is 2.17. The van der Waals surface area contributed by atoms with Gasteiger partial charge in [0.2, 0.25) is 0 Å². The number of carbonyl (C=O) groups is 1. The molecule has 0 aliphatic carbocycles. The van der Waals surface area contributed by atoms with E-state index in [0.29, 0.717) is 6.42 Å². The lowest BCUT2D eigenvalue weighted by molar-refractivity contribution is -0.136. The molecule has 0 atom stereocenters. The van der Waals surface area contributed by atoms with Gasteiger partial charge in [0, 0.05) is 10.9 Å². The molecule has 0 aromatic heterocycles. The summed E-state index contributed by atoms with van der Waals surface area (Å²) in [5.74, 6) is 0.0000283. The van der Waals surface area contributed by atoms with Crippen LogP contribution in [0.1, 0.15) is 17.5 Å². The lowest BCUT2D eigenvalue weighted by Crippen LogP contribution is -1.99. The Hall–Kier alpha value is -1.03. The van der Waals surface area contributed by atoms with E-state index in [1.54, 1.807) is 7.11 Å². The smallest absolute Gasteiger partial charge is 0.303 e. The van der Waals surface area contributed by atoms with Crippen LogP contribution in [0.3, 0.4) is 0 Å². The Morgan fingerprint density at radius 1 is 1.53 bits per heavy atom. The van der Waals surface area contributed by atoms with E-state index in [-0.39, 0.29) is 6.42 Å². The molecule has 1 N–H and O–H groups in total. The van der Waals surface area contributed by atoms with Crippen LogP contribution in [0.2, 0.25) is 0 Å². The fraction of sp³-hybridized carbons (Fsp3) is 0.364. The predicted molar refractivity (Wildman–Crippen MR) is 61.4 cm³/mol. The highest BCUT2D eigenvalue weighted by Gasteiger charge is 2.07. The summed E-state index contributed by atoms with van der Waals surface area (Å²) in [6.07, 6.45) is 0.636. The van der Waals surface area contributed by atoms with Gasteiger partial charge in [-0.25, -0.2) is 0 Å². The van der Waals surface area contributed by atoms with Gasteiger partial charge in [-0.3, -0.25) is 4.79 Å². The second-order valence-electron chi connectivity index (χ2n) is 3.31. The number of rotatable bonds is 4. The number of hydrogen-bond acceptors (Lipinski definition) is 2. The van der Waals surface area contributed by atoms with Crippen LogP contribution in [0, 0.1) is 6.92 Å². The van der Waals surface area contributed by atoms with Crippen molar-refractivity contribution >= 4 is 21.9 Å². The molecule has 0 aliphatic rings. The third kappa shape index (κ3) is 3.23. The van der Waals surface area contributed by atoms with Gasteiger partial charge in [0.05, 0.1) is 7.11 Å². The van der Waals surface area contributed by atoms with Crippen LogP contribution in [0.5, 0.6) is 5.75 Å². The number of aliphatic carboxylic acids is 1. The first-order chi connectivity index (χ1) is 7.04. The van der Waals surface area contributed by atoms with Gasteiger partial charge in [-0.05, 0) is 36.6 Å². The molecule has 0 unspecified atom stereocenters. The van der Waals surface area contributed by atoms with Gasteiger partial charge in [0.15, 0.2) is 0 Å². The third-order valence-corrected chi connectivity index (χ3v) is 2.91.